The Labute approximate surface area is 68.7 Å². The van der Waals surface area contributed by atoms with Crippen LogP contribution in [0.25, 0.3) is 0 Å². The number of carbonyl (C=O) groups is 2. The van der Waals surface area contributed by atoms with Crippen LogP contribution in [0.2, 0.25) is 0 Å². The molecular weight excluding hydrogens is 166 g/mol. The normalized spacial score (nSPS) is 24.1. The SMILES string of the molecule is COC(=O)[C@@H]1CSCC(=O)N1. The molecule has 0 bridgehead atoms. The highest BCUT2D eigenvalue weighted by Crippen LogP contribution is 2.09. The van der Waals surface area contributed by atoms with E-state index >= 15 is 0 Å². The highest BCUT2D eigenvalue weighted by Gasteiger charge is 2.25. The van der Waals surface area contributed by atoms with Crippen LogP contribution in [0.5, 0.6) is 0 Å². The molecule has 0 aromatic carbocycles. The molecule has 0 aromatic heterocycles. The summed E-state index contributed by atoms with van der Waals surface area (Å²) in [4.78, 5) is 21.6. The third-order valence-corrected chi connectivity index (χ3v) is 2.37. The Morgan fingerprint density at radius 1 is 1.82 bits per heavy atom. The lowest BCUT2D eigenvalue weighted by molar-refractivity contribution is -0.144. The van der Waals surface area contributed by atoms with Gasteiger partial charge in [0.2, 0.25) is 5.91 Å². The molecule has 11 heavy (non-hydrogen) atoms. The van der Waals surface area contributed by atoms with E-state index in [0.29, 0.717) is 11.5 Å². The summed E-state index contributed by atoms with van der Waals surface area (Å²) in [5, 5.41) is 2.53. The average Bonchev–Trinajstić information content (AvgIpc) is 2.03. The van der Waals surface area contributed by atoms with Crippen molar-refractivity contribution >= 4 is 23.6 Å². The largest absolute Gasteiger partial charge is 0.467 e. The van der Waals surface area contributed by atoms with E-state index in [9.17, 15) is 9.59 Å². The van der Waals surface area contributed by atoms with Crippen molar-refractivity contribution in [3.8, 4) is 0 Å². The fourth-order valence-corrected chi connectivity index (χ4v) is 1.66. The molecule has 0 unspecified atom stereocenters. The van der Waals surface area contributed by atoms with Crippen LogP contribution in [0.1, 0.15) is 0 Å². The molecule has 0 saturated carbocycles. The van der Waals surface area contributed by atoms with Crippen LogP contribution >= 0.6 is 11.8 Å². The van der Waals surface area contributed by atoms with E-state index in [2.05, 4.69) is 10.1 Å². The molecule has 0 radical (unpaired) electrons. The molecule has 1 N–H and O–H groups in total. The van der Waals surface area contributed by atoms with Crippen molar-refractivity contribution in [1.29, 1.82) is 0 Å². The number of amides is 1. The zero-order chi connectivity index (χ0) is 8.27. The van der Waals surface area contributed by atoms with Gasteiger partial charge >= 0.3 is 5.97 Å². The summed E-state index contributed by atoms with van der Waals surface area (Å²) in [6, 6.07) is -0.453. The van der Waals surface area contributed by atoms with E-state index in [1.165, 1.54) is 18.9 Å². The second-order valence-corrected chi connectivity index (χ2v) is 3.19. The molecular formula is C6H9NO3S. The lowest BCUT2D eigenvalue weighted by Gasteiger charge is -2.19. The number of rotatable bonds is 1. The van der Waals surface area contributed by atoms with Crippen molar-refractivity contribution in [2.45, 2.75) is 6.04 Å². The molecule has 1 rings (SSSR count). The number of thioether (sulfide) groups is 1. The molecule has 0 spiro atoms. The van der Waals surface area contributed by atoms with E-state index in [1.54, 1.807) is 0 Å². The Hall–Kier alpha value is -0.710. The van der Waals surface area contributed by atoms with E-state index in [1.807, 2.05) is 0 Å². The molecule has 1 atom stereocenters. The second-order valence-electron chi connectivity index (χ2n) is 2.16. The summed E-state index contributed by atoms with van der Waals surface area (Å²) < 4.78 is 4.47. The maximum Gasteiger partial charge on any atom is 0.329 e. The number of esters is 1. The first-order chi connectivity index (χ1) is 5.24. The number of hydrogen-bond acceptors (Lipinski definition) is 4. The number of nitrogens with one attached hydrogen (secondary N) is 1. The lowest BCUT2D eigenvalue weighted by Crippen LogP contribution is -2.47. The quantitative estimate of drug-likeness (QED) is 0.540. The molecule has 0 aromatic rings. The zero-order valence-corrected chi connectivity index (χ0v) is 6.94. The maximum absolute atomic E-state index is 10.9. The van der Waals surface area contributed by atoms with Crippen molar-refractivity contribution in [2.24, 2.45) is 0 Å². The van der Waals surface area contributed by atoms with Crippen LogP contribution in [-0.2, 0) is 14.3 Å². The molecule has 0 aliphatic carbocycles. The van der Waals surface area contributed by atoms with E-state index in [0.717, 1.165) is 0 Å². The number of hydrogen-bond donors (Lipinski definition) is 1. The smallest absolute Gasteiger partial charge is 0.329 e. The van der Waals surface area contributed by atoms with Crippen molar-refractivity contribution in [3.05, 3.63) is 0 Å². The summed E-state index contributed by atoms with van der Waals surface area (Å²) in [7, 11) is 1.31. The minimum absolute atomic E-state index is 0.100. The van der Waals surface area contributed by atoms with Gasteiger partial charge in [0.15, 0.2) is 0 Å². The minimum Gasteiger partial charge on any atom is -0.467 e. The van der Waals surface area contributed by atoms with Crippen molar-refractivity contribution in [1.82, 2.24) is 5.32 Å². The molecule has 1 fully saturated rings. The molecule has 1 aliphatic rings. The maximum atomic E-state index is 10.9. The highest BCUT2D eigenvalue weighted by molar-refractivity contribution is 8.00. The van der Waals surface area contributed by atoms with Gasteiger partial charge in [-0.15, -0.1) is 11.8 Å². The fraction of sp³-hybridized carbons (Fsp3) is 0.667. The van der Waals surface area contributed by atoms with Crippen LogP contribution < -0.4 is 5.32 Å². The third-order valence-electron chi connectivity index (χ3n) is 1.34. The number of carbonyl (C=O) groups excluding carboxylic acids is 2. The van der Waals surface area contributed by atoms with Crippen LogP contribution in [0.3, 0.4) is 0 Å². The van der Waals surface area contributed by atoms with Crippen LogP contribution in [0, 0.1) is 0 Å². The molecule has 62 valence electrons. The molecule has 1 amide bonds. The predicted octanol–water partition coefficient (Wildman–Crippen LogP) is -0.609. The fourth-order valence-electron chi connectivity index (χ4n) is 0.816. The lowest BCUT2D eigenvalue weighted by atomic mass is 10.3. The van der Waals surface area contributed by atoms with Gasteiger partial charge in [-0.05, 0) is 0 Å². The Morgan fingerprint density at radius 2 is 2.55 bits per heavy atom. The van der Waals surface area contributed by atoms with Crippen LogP contribution in [0.4, 0.5) is 0 Å². The first kappa shape index (κ1) is 8.39. The molecule has 1 aliphatic heterocycles. The standard InChI is InChI=1S/C6H9NO3S/c1-10-6(9)4-2-11-3-5(8)7-4/h4H,2-3H2,1H3,(H,7,8)/t4-/m0/s1. The van der Waals surface area contributed by atoms with Crippen molar-refractivity contribution < 1.29 is 14.3 Å². The van der Waals surface area contributed by atoms with Gasteiger partial charge in [0.25, 0.3) is 0 Å². The first-order valence-electron chi connectivity index (χ1n) is 3.19. The predicted molar refractivity (Wildman–Crippen MR) is 41.3 cm³/mol. The molecule has 4 nitrogen and oxygen atoms in total. The van der Waals surface area contributed by atoms with E-state index in [4.69, 9.17) is 0 Å². The monoisotopic (exact) mass is 175 g/mol. The Balaban J connectivity index is 2.45. The molecule has 1 heterocycles. The van der Waals surface area contributed by atoms with Gasteiger partial charge < -0.3 is 10.1 Å². The van der Waals surface area contributed by atoms with Gasteiger partial charge in [0.05, 0.1) is 12.9 Å². The van der Waals surface area contributed by atoms with Gasteiger partial charge in [-0.25, -0.2) is 4.79 Å². The van der Waals surface area contributed by atoms with Gasteiger partial charge in [0, 0.05) is 5.75 Å². The Kier molecular flexibility index (Phi) is 2.76. The second kappa shape index (κ2) is 3.61. The van der Waals surface area contributed by atoms with E-state index < -0.39 is 6.04 Å². The van der Waals surface area contributed by atoms with Crippen molar-refractivity contribution in [2.75, 3.05) is 18.6 Å². The van der Waals surface area contributed by atoms with Crippen LogP contribution in [-0.4, -0.2) is 36.5 Å². The molecule has 5 heteroatoms. The summed E-state index contributed by atoms with van der Waals surface area (Å²) >= 11 is 1.44. The number of ether oxygens (including phenoxy) is 1. The van der Waals surface area contributed by atoms with Crippen LogP contribution in [0.15, 0.2) is 0 Å². The third kappa shape index (κ3) is 2.11. The van der Waals surface area contributed by atoms with Gasteiger partial charge in [-0.1, -0.05) is 0 Å². The average molecular weight is 175 g/mol. The molecule has 1 saturated heterocycles. The first-order valence-corrected chi connectivity index (χ1v) is 4.34. The highest BCUT2D eigenvalue weighted by atomic mass is 32.2. The summed E-state index contributed by atoms with van der Waals surface area (Å²) in [6.07, 6.45) is 0. The zero-order valence-electron chi connectivity index (χ0n) is 6.12. The topological polar surface area (TPSA) is 55.4 Å². The number of methoxy groups -OCH3 is 1. The minimum atomic E-state index is -0.453. The van der Waals surface area contributed by atoms with Gasteiger partial charge in [0.1, 0.15) is 6.04 Å². The summed E-state index contributed by atoms with van der Waals surface area (Å²) in [5.74, 6) is 0.577. The van der Waals surface area contributed by atoms with Crippen molar-refractivity contribution in [3.63, 3.8) is 0 Å². The van der Waals surface area contributed by atoms with Gasteiger partial charge in [-0.3, -0.25) is 4.79 Å². The summed E-state index contributed by atoms with van der Waals surface area (Å²) in [5.41, 5.74) is 0. The Bertz CT molecular complexity index is 183. The Morgan fingerprint density at radius 3 is 3.09 bits per heavy atom. The van der Waals surface area contributed by atoms with Gasteiger partial charge in [-0.2, -0.15) is 0 Å². The summed E-state index contributed by atoms with van der Waals surface area (Å²) in [6.45, 7) is 0. The van der Waals surface area contributed by atoms with E-state index in [-0.39, 0.29) is 11.9 Å².